The van der Waals surface area contributed by atoms with Crippen LogP contribution in [0.3, 0.4) is 0 Å². The van der Waals surface area contributed by atoms with Gasteiger partial charge >= 0.3 is 0 Å². The maximum absolute atomic E-state index is 6.02. The van der Waals surface area contributed by atoms with Gasteiger partial charge in [0.25, 0.3) is 0 Å². The van der Waals surface area contributed by atoms with E-state index in [0.29, 0.717) is 6.54 Å². The predicted octanol–water partition coefficient (Wildman–Crippen LogP) is 4.41. The van der Waals surface area contributed by atoms with Gasteiger partial charge in [0.2, 0.25) is 0 Å². The van der Waals surface area contributed by atoms with Gasteiger partial charge in [-0.2, -0.15) is 11.3 Å². The van der Waals surface area contributed by atoms with Gasteiger partial charge in [-0.05, 0) is 49.2 Å². The van der Waals surface area contributed by atoms with Crippen LogP contribution in [0.25, 0.3) is 0 Å². The lowest BCUT2D eigenvalue weighted by Gasteiger charge is -2.23. The van der Waals surface area contributed by atoms with E-state index in [-0.39, 0.29) is 29.6 Å². The number of hydrogen-bond donors (Lipinski definition) is 2. The normalized spacial score (nSPS) is 11.6. The summed E-state index contributed by atoms with van der Waals surface area (Å²) in [6, 6.07) is 10.2. The largest absolute Gasteiger partial charge is 0.488 e. The van der Waals surface area contributed by atoms with Gasteiger partial charge in [-0.1, -0.05) is 18.2 Å². The van der Waals surface area contributed by atoms with E-state index in [1.165, 1.54) is 5.56 Å². The Kier molecular flexibility index (Phi) is 8.55. The first-order chi connectivity index (χ1) is 11.0. The fraction of sp³-hybridized carbons (Fsp3) is 0.389. The zero-order chi connectivity index (χ0) is 16.7. The molecule has 2 aromatic rings. The lowest BCUT2D eigenvalue weighted by atomic mass is 10.1. The zero-order valence-corrected chi connectivity index (χ0v) is 17.8. The Bertz CT molecular complexity index is 636. The van der Waals surface area contributed by atoms with Crippen LogP contribution in [-0.4, -0.2) is 18.6 Å². The molecule has 0 fully saturated rings. The van der Waals surface area contributed by atoms with Crippen LogP contribution in [-0.2, 0) is 13.1 Å². The first-order valence-corrected chi connectivity index (χ1v) is 8.65. The van der Waals surface area contributed by atoms with Gasteiger partial charge in [-0.15, -0.1) is 24.0 Å². The molecule has 2 N–H and O–H groups in total. The molecule has 6 heteroatoms. The molecule has 1 aromatic heterocycles. The molecular weight excluding hydrogens is 433 g/mol. The smallest absolute Gasteiger partial charge is 0.191 e. The molecule has 0 saturated heterocycles. The van der Waals surface area contributed by atoms with E-state index in [2.05, 4.69) is 59.3 Å². The molecule has 4 nitrogen and oxygen atoms in total. The van der Waals surface area contributed by atoms with Crippen molar-refractivity contribution in [2.24, 2.45) is 4.99 Å². The van der Waals surface area contributed by atoms with E-state index >= 15 is 0 Å². The van der Waals surface area contributed by atoms with Crippen LogP contribution in [0.2, 0.25) is 0 Å². The second-order valence-corrected chi connectivity index (χ2v) is 7.01. The molecule has 1 aromatic carbocycles. The van der Waals surface area contributed by atoms with Gasteiger partial charge in [0.05, 0.1) is 0 Å². The lowest BCUT2D eigenvalue weighted by Crippen LogP contribution is -2.36. The highest BCUT2D eigenvalue weighted by Crippen LogP contribution is 2.22. The monoisotopic (exact) mass is 459 g/mol. The summed E-state index contributed by atoms with van der Waals surface area (Å²) in [4.78, 5) is 4.26. The van der Waals surface area contributed by atoms with Crippen LogP contribution in [0.15, 0.2) is 46.1 Å². The van der Waals surface area contributed by atoms with E-state index in [4.69, 9.17) is 4.74 Å². The van der Waals surface area contributed by atoms with Crippen molar-refractivity contribution in [2.45, 2.75) is 39.5 Å². The summed E-state index contributed by atoms with van der Waals surface area (Å²) >= 11 is 1.70. The number of nitrogens with zero attached hydrogens (tertiary/aromatic N) is 1. The quantitative estimate of drug-likeness (QED) is 0.396. The molecule has 0 saturated carbocycles. The summed E-state index contributed by atoms with van der Waals surface area (Å²) in [5.41, 5.74) is 2.16. The fourth-order valence-electron chi connectivity index (χ4n) is 2.06. The van der Waals surface area contributed by atoms with E-state index in [1.807, 2.05) is 18.2 Å². The van der Waals surface area contributed by atoms with Crippen LogP contribution in [0.4, 0.5) is 0 Å². The van der Waals surface area contributed by atoms with Gasteiger partial charge in [0.1, 0.15) is 11.4 Å². The molecule has 0 aliphatic carbocycles. The number of para-hydroxylation sites is 1. The van der Waals surface area contributed by atoms with Crippen LogP contribution >= 0.6 is 35.3 Å². The van der Waals surface area contributed by atoms with Gasteiger partial charge in [-0.25, -0.2) is 0 Å². The molecule has 2 rings (SSSR count). The Morgan fingerprint density at radius 1 is 1.12 bits per heavy atom. The summed E-state index contributed by atoms with van der Waals surface area (Å²) in [5, 5.41) is 10.9. The molecular formula is C18H26IN3OS. The zero-order valence-electron chi connectivity index (χ0n) is 14.6. The highest BCUT2D eigenvalue weighted by Gasteiger charge is 2.14. The van der Waals surface area contributed by atoms with Gasteiger partial charge in [0, 0.05) is 25.7 Å². The van der Waals surface area contributed by atoms with Gasteiger partial charge in [-0.3, -0.25) is 4.99 Å². The first-order valence-electron chi connectivity index (χ1n) is 7.70. The third kappa shape index (κ3) is 7.09. The number of ether oxygens (including phenoxy) is 1. The number of rotatable bonds is 5. The topological polar surface area (TPSA) is 45.7 Å². The highest BCUT2D eigenvalue weighted by atomic mass is 127. The molecule has 0 unspecified atom stereocenters. The molecule has 24 heavy (non-hydrogen) atoms. The number of benzene rings is 1. The summed E-state index contributed by atoms with van der Waals surface area (Å²) in [6.45, 7) is 7.59. The number of halogens is 1. The first kappa shape index (κ1) is 20.8. The average Bonchev–Trinajstić information content (AvgIpc) is 3.01. The summed E-state index contributed by atoms with van der Waals surface area (Å²) in [7, 11) is 1.78. The van der Waals surface area contributed by atoms with E-state index in [1.54, 1.807) is 18.4 Å². The second-order valence-electron chi connectivity index (χ2n) is 6.23. The standard InChI is InChI=1S/C18H25N3OS.HI/c1-18(2,3)22-16-8-6-5-7-15(16)12-21-17(19-4)20-11-14-9-10-23-13-14;/h5-10,13H,11-12H2,1-4H3,(H2,19,20,21);1H. The Hall–Kier alpha value is -1.28. The minimum Gasteiger partial charge on any atom is -0.488 e. The Morgan fingerprint density at radius 3 is 2.46 bits per heavy atom. The van der Waals surface area contributed by atoms with Crippen LogP contribution in [0.1, 0.15) is 31.9 Å². The number of thiophene rings is 1. The molecule has 0 amide bonds. The number of nitrogens with one attached hydrogen (secondary N) is 2. The maximum atomic E-state index is 6.02. The van der Waals surface area contributed by atoms with Crippen molar-refractivity contribution in [1.82, 2.24) is 10.6 Å². The molecule has 132 valence electrons. The van der Waals surface area contributed by atoms with E-state index < -0.39 is 0 Å². The van der Waals surface area contributed by atoms with E-state index in [0.717, 1.165) is 23.8 Å². The fourth-order valence-corrected chi connectivity index (χ4v) is 2.73. The Balaban J connectivity index is 0.00000288. The van der Waals surface area contributed by atoms with Crippen molar-refractivity contribution in [3.05, 3.63) is 52.2 Å². The number of aliphatic imine (C=N–C) groups is 1. The summed E-state index contributed by atoms with van der Waals surface area (Å²) in [5.74, 6) is 1.68. The summed E-state index contributed by atoms with van der Waals surface area (Å²) in [6.07, 6.45) is 0. The molecule has 0 aliphatic heterocycles. The molecule has 0 bridgehead atoms. The van der Waals surface area contributed by atoms with Crippen molar-refractivity contribution in [2.75, 3.05) is 7.05 Å². The maximum Gasteiger partial charge on any atom is 0.191 e. The molecule has 1 heterocycles. The minimum absolute atomic E-state index is 0. The third-order valence-electron chi connectivity index (χ3n) is 3.10. The lowest BCUT2D eigenvalue weighted by molar-refractivity contribution is 0.129. The molecule has 0 atom stereocenters. The van der Waals surface area contributed by atoms with Gasteiger partial charge < -0.3 is 15.4 Å². The van der Waals surface area contributed by atoms with Crippen LogP contribution < -0.4 is 15.4 Å². The molecule has 0 spiro atoms. The van der Waals surface area contributed by atoms with Crippen LogP contribution in [0.5, 0.6) is 5.75 Å². The highest BCUT2D eigenvalue weighted by molar-refractivity contribution is 14.0. The van der Waals surface area contributed by atoms with Gasteiger partial charge in [0.15, 0.2) is 5.96 Å². The molecule has 0 aliphatic rings. The van der Waals surface area contributed by atoms with Crippen molar-refractivity contribution in [1.29, 1.82) is 0 Å². The van der Waals surface area contributed by atoms with Crippen molar-refractivity contribution < 1.29 is 4.74 Å². The second kappa shape index (κ2) is 9.88. The van der Waals surface area contributed by atoms with Crippen LogP contribution in [0, 0.1) is 0 Å². The molecule has 0 radical (unpaired) electrons. The third-order valence-corrected chi connectivity index (χ3v) is 3.83. The SMILES string of the molecule is CN=C(NCc1ccsc1)NCc1ccccc1OC(C)(C)C.I. The van der Waals surface area contributed by atoms with Crippen molar-refractivity contribution in [3.8, 4) is 5.75 Å². The summed E-state index contributed by atoms with van der Waals surface area (Å²) < 4.78 is 6.02. The van der Waals surface area contributed by atoms with Crippen molar-refractivity contribution in [3.63, 3.8) is 0 Å². The Labute approximate surface area is 165 Å². The van der Waals surface area contributed by atoms with Crippen molar-refractivity contribution >= 4 is 41.3 Å². The number of guanidine groups is 1. The average molecular weight is 459 g/mol. The Morgan fingerprint density at radius 2 is 1.83 bits per heavy atom. The number of hydrogen-bond acceptors (Lipinski definition) is 3. The van der Waals surface area contributed by atoms with E-state index in [9.17, 15) is 0 Å². The minimum atomic E-state index is -0.213. The predicted molar refractivity (Wildman–Crippen MR) is 114 cm³/mol.